The highest BCUT2D eigenvalue weighted by molar-refractivity contribution is 7.80. The van der Waals surface area contributed by atoms with Crippen molar-refractivity contribution < 1.29 is 18.2 Å². The molecule has 0 fully saturated rings. The molecule has 0 aliphatic rings. The number of alkyl halides is 3. The first-order valence-electron chi connectivity index (χ1n) is 2.78. The van der Waals surface area contributed by atoms with Crippen molar-refractivity contribution in [1.29, 1.82) is 0 Å². The largest absolute Gasteiger partial charge is 0.423 e. The molecule has 5 heteroatoms. The van der Waals surface area contributed by atoms with E-state index in [0.717, 1.165) is 6.07 Å². The molecule has 0 atom stereocenters. The average molecular weight is 180 g/mol. The molecule has 1 aromatic heterocycles. The molecule has 1 rings (SSSR count). The Morgan fingerprint density at radius 2 is 2.00 bits per heavy atom. The summed E-state index contributed by atoms with van der Waals surface area (Å²) >= 11 is 3.62. The lowest BCUT2D eigenvalue weighted by atomic mass is 10.3. The van der Waals surface area contributed by atoms with Gasteiger partial charge in [-0.15, -0.1) is 0 Å². The highest BCUT2D eigenvalue weighted by Gasteiger charge is 2.35. The second-order valence-corrected chi connectivity index (χ2v) is 2.38. The van der Waals surface area contributed by atoms with Gasteiger partial charge in [0.1, 0.15) is 5.56 Å². The SMILES string of the molecule is FC(F)(F)c1ccc[nH+]c1S. The van der Waals surface area contributed by atoms with Crippen molar-refractivity contribution in [3.8, 4) is 0 Å². The number of halogens is 3. The highest BCUT2D eigenvalue weighted by Crippen LogP contribution is 2.31. The summed E-state index contributed by atoms with van der Waals surface area (Å²) in [6, 6.07) is 2.25. The Labute approximate surface area is 66.7 Å². The lowest BCUT2D eigenvalue weighted by molar-refractivity contribution is -0.430. The summed E-state index contributed by atoms with van der Waals surface area (Å²) in [7, 11) is 0. The lowest BCUT2D eigenvalue weighted by Gasteiger charge is -2.03. The van der Waals surface area contributed by atoms with Gasteiger partial charge in [0, 0.05) is 6.07 Å². The topological polar surface area (TPSA) is 14.1 Å². The zero-order chi connectivity index (χ0) is 8.48. The van der Waals surface area contributed by atoms with E-state index in [4.69, 9.17) is 0 Å². The Balaban J connectivity index is 3.14. The number of rotatable bonds is 0. The monoisotopic (exact) mass is 180 g/mol. The highest BCUT2D eigenvalue weighted by atomic mass is 32.1. The van der Waals surface area contributed by atoms with Gasteiger partial charge in [-0.25, -0.2) is 4.98 Å². The van der Waals surface area contributed by atoms with E-state index in [2.05, 4.69) is 17.6 Å². The molecule has 0 unspecified atom stereocenters. The maximum atomic E-state index is 12.0. The van der Waals surface area contributed by atoms with Crippen LogP contribution >= 0.6 is 12.6 Å². The molecule has 0 saturated carbocycles. The molecule has 1 N–H and O–H groups in total. The molecule has 1 nitrogen and oxygen atoms in total. The van der Waals surface area contributed by atoms with E-state index in [1.165, 1.54) is 12.3 Å². The van der Waals surface area contributed by atoms with Gasteiger partial charge in [-0.2, -0.15) is 13.2 Å². The Kier molecular flexibility index (Phi) is 2.08. The minimum atomic E-state index is -4.32. The van der Waals surface area contributed by atoms with Crippen molar-refractivity contribution >= 4 is 12.6 Å². The maximum Gasteiger partial charge on any atom is 0.423 e. The van der Waals surface area contributed by atoms with Gasteiger partial charge >= 0.3 is 6.18 Å². The Morgan fingerprint density at radius 1 is 1.36 bits per heavy atom. The third-order valence-corrected chi connectivity index (χ3v) is 1.51. The molecule has 1 heterocycles. The maximum absolute atomic E-state index is 12.0. The first-order valence-corrected chi connectivity index (χ1v) is 3.23. The van der Waals surface area contributed by atoms with Crippen LogP contribution in [0.1, 0.15) is 5.56 Å². The van der Waals surface area contributed by atoms with Gasteiger partial charge in [0.2, 0.25) is 5.03 Å². The van der Waals surface area contributed by atoms with E-state index >= 15 is 0 Å². The Hall–Kier alpha value is -0.710. The zero-order valence-corrected chi connectivity index (χ0v) is 6.21. The van der Waals surface area contributed by atoms with Crippen LogP contribution in [-0.2, 0) is 6.18 Å². The zero-order valence-electron chi connectivity index (χ0n) is 5.31. The second kappa shape index (κ2) is 2.73. The standard InChI is InChI=1S/C6H4F3NS/c7-6(8,9)4-2-1-3-10-5(4)11/h1-3H,(H,10,11)/p+1. The summed E-state index contributed by atoms with van der Waals surface area (Å²) in [5.74, 6) is 0. The van der Waals surface area contributed by atoms with E-state index in [-0.39, 0.29) is 5.03 Å². The van der Waals surface area contributed by atoms with Crippen LogP contribution in [0, 0.1) is 0 Å². The minimum Gasteiger partial charge on any atom is -0.206 e. The van der Waals surface area contributed by atoms with Gasteiger partial charge in [0.05, 0.1) is 0 Å². The summed E-state index contributed by atoms with van der Waals surface area (Å²) in [5.41, 5.74) is -0.747. The quantitative estimate of drug-likeness (QED) is 0.585. The molecule has 0 aromatic carbocycles. The normalized spacial score (nSPS) is 11.6. The summed E-state index contributed by atoms with van der Waals surface area (Å²) in [5, 5.41) is -0.167. The number of pyridine rings is 1. The van der Waals surface area contributed by atoms with Crippen molar-refractivity contribution in [2.45, 2.75) is 11.2 Å². The number of thiol groups is 1. The fourth-order valence-electron chi connectivity index (χ4n) is 0.657. The fourth-order valence-corrected chi connectivity index (χ4v) is 0.933. The van der Waals surface area contributed by atoms with Gasteiger partial charge < -0.3 is 0 Å². The summed E-state index contributed by atoms with van der Waals surface area (Å²) in [6.45, 7) is 0. The number of hydrogen-bond donors (Lipinski definition) is 1. The Morgan fingerprint density at radius 3 is 2.36 bits per heavy atom. The molecule has 0 saturated heterocycles. The van der Waals surface area contributed by atoms with Gasteiger partial charge in [0.25, 0.3) is 0 Å². The minimum absolute atomic E-state index is 0.167. The molecule has 11 heavy (non-hydrogen) atoms. The van der Waals surface area contributed by atoms with Crippen LogP contribution < -0.4 is 4.98 Å². The summed E-state index contributed by atoms with van der Waals surface area (Å²) < 4.78 is 35.9. The van der Waals surface area contributed by atoms with E-state index in [1.54, 1.807) is 0 Å². The number of aromatic amines is 1. The van der Waals surface area contributed by atoms with Crippen LogP contribution in [0.4, 0.5) is 13.2 Å². The van der Waals surface area contributed by atoms with Crippen LogP contribution in [0.2, 0.25) is 0 Å². The predicted octanol–water partition coefficient (Wildman–Crippen LogP) is 1.81. The van der Waals surface area contributed by atoms with Crippen molar-refractivity contribution in [3.05, 3.63) is 23.9 Å². The van der Waals surface area contributed by atoms with Gasteiger partial charge in [-0.05, 0) is 6.07 Å². The first-order chi connectivity index (χ1) is 5.02. The van der Waals surface area contributed by atoms with E-state index in [0.29, 0.717) is 0 Å². The smallest absolute Gasteiger partial charge is 0.206 e. The molecule has 0 radical (unpaired) electrons. The first kappa shape index (κ1) is 8.39. The van der Waals surface area contributed by atoms with Crippen molar-refractivity contribution in [2.24, 2.45) is 0 Å². The average Bonchev–Trinajstić information content (AvgIpc) is 1.86. The predicted molar refractivity (Wildman–Crippen MR) is 35.3 cm³/mol. The molecular formula is C6H5F3NS+. The third kappa shape index (κ3) is 1.86. The van der Waals surface area contributed by atoms with E-state index in [1.807, 2.05) is 0 Å². The van der Waals surface area contributed by atoms with Crippen LogP contribution in [0.15, 0.2) is 23.4 Å². The van der Waals surface area contributed by atoms with Crippen LogP contribution in [0.3, 0.4) is 0 Å². The second-order valence-electron chi connectivity index (χ2n) is 1.93. The molecule has 1 aromatic rings. The van der Waals surface area contributed by atoms with E-state index < -0.39 is 11.7 Å². The van der Waals surface area contributed by atoms with Gasteiger partial charge in [0.15, 0.2) is 6.20 Å². The van der Waals surface area contributed by atoms with E-state index in [9.17, 15) is 13.2 Å². The van der Waals surface area contributed by atoms with Crippen LogP contribution in [0.5, 0.6) is 0 Å². The summed E-state index contributed by atoms with van der Waals surface area (Å²) in [4.78, 5) is 2.35. The number of nitrogens with one attached hydrogen (secondary N) is 1. The van der Waals surface area contributed by atoms with Crippen molar-refractivity contribution in [2.75, 3.05) is 0 Å². The Bertz CT molecular complexity index is 258. The molecule has 0 spiro atoms. The van der Waals surface area contributed by atoms with Crippen molar-refractivity contribution in [3.63, 3.8) is 0 Å². The lowest BCUT2D eigenvalue weighted by Crippen LogP contribution is -2.14. The van der Waals surface area contributed by atoms with Gasteiger partial charge in [-0.1, -0.05) is 12.6 Å². The van der Waals surface area contributed by atoms with Crippen molar-refractivity contribution in [1.82, 2.24) is 0 Å². The molecule has 0 aliphatic carbocycles. The molecule has 0 bridgehead atoms. The molecular weight excluding hydrogens is 175 g/mol. The van der Waals surface area contributed by atoms with Crippen LogP contribution in [-0.4, -0.2) is 0 Å². The third-order valence-electron chi connectivity index (χ3n) is 1.14. The fraction of sp³-hybridized carbons (Fsp3) is 0.167. The molecule has 0 amide bonds. The number of hydrogen-bond acceptors (Lipinski definition) is 1. The van der Waals surface area contributed by atoms with Gasteiger partial charge in [-0.3, -0.25) is 0 Å². The van der Waals surface area contributed by atoms with Crippen LogP contribution in [0.25, 0.3) is 0 Å². The number of aromatic nitrogens is 1. The molecule has 60 valence electrons. The summed E-state index contributed by atoms with van der Waals surface area (Å²) in [6.07, 6.45) is -2.94. The number of H-pyrrole nitrogens is 1. The molecule has 0 aliphatic heterocycles.